The van der Waals surface area contributed by atoms with Gasteiger partial charge in [0.15, 0.2) is 0 Å². The second-order valence-electron chi connectivity index (χ2n) is 2.92. The zero-order chi connectivity index (χ0) is 7.84. The van der Waals surface area contributed by atoms with E-state index in [1.165, 1.54) is 16.5 Å². The Morgan fingerprint density at radius 2 is 2.00 bits per heavy atom. The van der Waals surface area contributed by atoms with E-state index >= 15 is 0 Å². The summed E-state index contributed by atoms with van der Waals surface area (Å²) in [6.45, 7) is 4.35. The Hall–Kier alpha value is -0.521. The maximum atomic E-state index is 2.36. The van der Waals surface area contributed by atoms with Gasteiger partial charge >= 0.3 is 72.3 Å². The van der Waals surface area contributed by atoms with E-state index in [4.69, 9.17) is 0 Å². The Bertz CT molecular complexity index is 385. The predicted molar refractivity (Wildman–Crippen MR) is 50.4 cm³/mol. The molecule has 1 aromatic carbocycles. The second kappa shape index (κ2) is 2.51. The van der Waals surface area contributed by atoms with Crippen molar-refractivity contribution in [3.8, 4) is 0 Å². The molecule has 0 radical (unpaired) electrons. The summed E-state index contributed by atoms with van der Waals surface area (Å²) in [5.41, 5.74) is 2.83. The summed E-state index contributed by atoms with van der Waals surface area (Å²) in [7, 11) is 0. The zero-order valence-corrected chi connectivity index (χ0v) is 8.43. The molecule has 0 saturated heterocycles. The van der Waals surface area contributed by atoms with Gasteiger partial charge in [0.1, 0.15) is 0 Å². The van der Waals surface area contributed by atoms with Crippen LogP contribution in [0.2, 0.25) is 0 Å². The fourth-order valence-corrected chi connectivity index (χ4v) is 3.21. The monoisotopic (exact) mass is 210 g/mol. The molecule has 0 atom stereocenters. The summed E-state index contributed by atoms with van der Waals surface area (Å²) in [5.74, 6) is 0. The van der Waals surface area contributed by atoms with Crippen LogP contribution in [0, 0.1) is 13.8 Å². The fraction of sp³-hybridized carbons (Fsp3) is 0.200. The van der Waals surface area contributed by atoms with Gasteiger partial charge in [-0.1, -0.05) is 0 Å². The average Bonchev–Trinajstić information content (AvgIpc) is 2.33. The van der Waals surface area contributed by atoms with Gasteiger partial charge in [0, 0.05) is 0 Å². The van der Waals surface area contributed by atoms with Gasteiger partial charge in [-0.3, -0.25) is 0 Å². The molecule has 0 aliphatic rings. The van der Waals surface area contributed by atoms with Gasteiger partial charge in [-0.25, -0.2) is 0 Å². The van der Waals surface area contributed by atoms with Crippen molar-refractivity contribution in [2.45, 2.75) is 13.8 Å². The van der Waals surface area contributed by atoms with Crippen LogP contribution in [0.4, 0.5) is 0 Å². The minimum absolute atomic E-state index is 0.604. The molecule has 56 valence electrons. The first kappa shape index (κ1) is 7.15. The molecule has 0 saturated carbocycles. The topological polar surface area (TPSA) is 0 Å². The van der Waals surface area contributed by atoms with E-state index in [1.807, 2.05) is 0 Å². The molecular formula is C10H10Se. The summed E-state index contributed by atoms with van der Waals surface area (Å²) in [5, 5.41) is 1.48. The molecule has 0 aliphatic carbocycles. The molecule has 0 bridgehead atoms. The summed E-state index contributed by atoms with van der Waals surface area (Å²) < 4.78 is 1.54. The van der Waals surface area contributed by atoms with Gasteiger partial charge in [0.25, 0.3) is 0 Å². The zero-order valence-electron chi connectivity index (χ0n) is 6.72. The molecule has 1 aromatic heterocycles. The minimum atomic E-state index is 0.604. The Morgan fingerprint density at radius 3 is 2.82 bits per heavy atom. The summed E-state index contributed by atoms with van der Waals surface area (Å²) in [6.07, 6.45) is 0. The summed E-state index contributed by atoms with van der Waals surface area (Å²) in [6, 6.07) is 6.75. The normalized spacial score (nSPS) is 10.7. The van der Waals surface area contributed by atoms with Crippen molar-refractivity contribution < 1.29 is 0 Å². The van der Waals surface area contributed by atoms with Crippen LogP contribution in [-0.4, -0.2) is 14.5 Å². The molecule has 11 heavy (non-hydrogen) atoms. The van der Waals surface area contributed by atoms with Crippen LogP contribution in [-0.2, 0) is 0 Å². The van der Waals surface area contributed by atoms with Crippen molar-refractivity contribution in [1.82, 2.24) is 0 Å². The second-order valence-corrected chi connectivity index (χ2v) is 4.83. The molecule has 2 aromatic rings. The van der Waals surface area contributed by atoms with E-state index in [2.05, 4.69) is 37.0 Å². The molecule has 0 fully saturated rings. The van der Waals surface area contributed by atoms with Crippen LogP contribution in [0.15, 0.2) is 23.1 Å². The standard InChI is InChI=1S/C10H10Se/c1-7-3-4-10-9(5-7)8(2)6-11-10/h3-6H,1-2H3. The fourth-order valence-electron chi connectivity index (χ4n) is 1.27. The number of aryl methyl sites for hydroxylation is 2. The SMILES string of the molecule is Cc1ccc2[se]cc(C)c2c1. The number of fused-ring (bicyclic) bond motifs is 1. The first-order valence-corrected chi connectivity index (χ1v) is 5.56. The molecule has 1 heteroatoms. The number of hydrogen-bond acceptors (Lipinski definition) is 0. The maximum absolute atomic E-state index is 2.36. The Kier molecular flexibility index (Phi) is 1.63. The van der Waals surface area contributed by atoms with E-state index in [-0.39, 0.29) is 0 Å². The summed E-state index contributed by atoms with van der Waals surface area (Å²) >= 11 is 0.604. The Balaban J connectivity index is 2.87. The Labute approximate surface area is 72.6 Å². The third-order valence-corrected chi connectivity index (χ3v) is 4.19. The van der Waals surface area contributed by atoms with Gasteiger partial charge in [-0.2, -0.15) is 0 Å². The van der Waals surface area contributed by atoms with E-state index in [0.29, 0.717) is 14.5 Å². The third-order valence-electron chi connectivity index (χ3n) is 1.92. The molecular weight excluding hydrogens is 199 g/mol. The van der Waals surface area contributed by atoms with Crippen LogP contribution in [0.3, 0.4) is 0 Å². The van der Waals surface area contributed by atoms with Gasteiger partial charge < -0.3 is 0 Å². The average molecular weight is 209 g/mol. The van der Waals surface area contributed by atoms with Crippen molar-refractivity contribution in [2.24, 2.45) is 0 Å². The van der Waals surface area contributed by atoms with Gasteiger partial charge in [-0.15, -0.1) is 0 Å². The van der Waals surface area contributed by atoms with Crippen LogP contribution < -0.4 is 0 Å². The van der Waals surface area contributed by atoms with Crippen molar-refractivity contribution in [3.05, 3.63) is 34.3 Å². The van der Waals surface area contributed by atoms with Crippen molar-refractivity contribution in [2.75, 3.05) is 0 Å². The molecule has 0 amide bonds. The number of benzene rings is 1. The molecule has 0 nitrogen and oxygen atoms in total. The molecule has 0 aliphatic heterocycles. The van der Waals surface area contributed by atoms with Crippen LogP contribution in [0.25, 0.3) is 9.65 Å². The van der Waals surface area contributed by atoms with Crippen LogP contribution in [0.1, 0.15) is 11.1 Å². The van der Waals surface area contributed by atoms with E-state index < -0.39 is 0 Å². The van der Waals surface area contributed by atoms with Crippen LogP contribution >= 0.6 is 0 Å². The van der Waals surface area contributed by atoms with Crippen molar-refractivity contribution in [1.29, 1.82) is 0 Å². The molecule has 2 rings (SSSR count). The van der Waals surface area contributed by atoms with Gasteiger partial charge in [0.05, 0.1) is 0 Å². The van der Waals surface area contributed by atoms with E-state index in [1.54, 1.807) is 4.26 Å². The van der Waals surface area contributed by atoms with Crippen molar-refractivity contribution in [3.63, 3.8) is 0 Å². The van der Waals surface area contributed by atoms with E-state index in [0.717, 1.165) is 0 Å². The first-order chi connectivity index (χ1) is 5.27. The summed E-state index contributed by atoms with van der Waals surface area (Å²) in [4.78, 5) is 2.36. The predicted octanol–water partition coefficient (Wildman–Crippen LogP) is 2.51. The third kappa shape index (κ3) is 1.15. The Morgan fingerprint density at radius 1 is 1.18 bits per heavy atom. The molecule has 0 unspecified atom stereocenters. The number of hydrogen-bond donors (Lipinski definition) is 0. The molecule has 0 N–H and O–H groups in total. The van der Waals surface area contributed by atoms with Gasteiger partial charge in [-0.05, 0) is 0 Å². The molecule has 0 spiro atoms. The van der Waals surface area contributed by atoms with Crippen LogP contribution in [0.5, 0.6) is 0 Å². The first-order valence-electron chi connectivity index (χ1n) is 3.72. The quantitative estimate of drug-likeness (QED) is 0.585. The number of rotatable bonds is 0. The molecule has 1 heterocycles. The van der Waals surface area contributed by atoms with Gasteiger partial charge in [0.2, 0.25) is 0 Å². The van der Waals surface area contributed by atoms with Crippen molar-refractivity contribution >= 4 is 24.1 Å². The van der Waals surface area contributed by atoms with E-state index in [9.17, 15) is 0 Å².